The molecule has 21 aromatic rings. The molecule has 140 heavy (non-hydrogen) atoms. The third-order valence-electron chi connectivity index (χ3n) is 29.1. The van der Waals surface area contributed by atoms with Crippen LogP contribution in [0.4, 0.5) is 79.8 Å². The number of anilines is 14. The third kappa shape index (κ3) is 15.0. The van der Waals surface area contributed by atoms with Gasteiger partial charge >= 0.3 is 0 Å². The first-order valence-corrected chi connectivity index (χ1v) is 49.2. The maximum absolute atomic E-state index is 6.42. The molecule has 0 N–H and O–H groups in total. The Hall–Kier alpha value is -16.1. The Morgan fingerprint density at radius 1 is 0.243 bits per heavy atom. The Labute approximate surface area is 818 Å². The van der Waals surface area contributed by atoms with E-state index in [2.05, 4.69) is 457 Å². The zero-order valence-electron chi connectivity index (χ0n) is 82.6. The standard InChI is InChI=1S/C29H32N2O.C27H22N2O.C24H24N2O.C23H20N2O.C21H19N3O/c1-18(2)22-11-9-12-23(19(3)4)28(22)31-17-16-30(21(31)6)27-20(5)14-15-25-24-10-7-8-13-26(24)32-29(25)27;1-18-16-17-22-21-12-6-9-15-25(21)30-27(22)26(18)29-19(2)28(20-10-4-3-5-11-20)23-13-7-8-14-24(23)29;1-15(2)25-17(4)26(21-11-7-6-10-20(21)25)23-16(3)13-14-19-18-9-5-8-12-22(18)27-24(19)23;1-16-12-13-20-19-10-6-7-11-21(19)26-23(20)22(16)25-15-14-24(17(25)2)18-8-4-3-5-9-18;1-13-10-11-16-15-7-4-5-9-18(15)25-20(16)19(13)24-14(2)23(3)17-8-6-12-22-21(17)24/h7-19,21H,1-6H3;3-17,19H,1-2H3;5-15,17H,1-4H3;3-15,17H,1-2H3;4-12,14H,1-3H3/t21-;19-;2*17-;14-/m10000/s1. The Balaban J connectivity index is 0.000000101. The molecule has 15 aromatic carbocycles. The third-order valence-corrected chi connectivity index (χ3v) is 29.1. The van der Waals surface area contributed by atoms with E-state index in [4.69, 9.17) is 22.1 Å². The van der Waals surface area contributed by atoms with Crippen molar-refractivity contribution >= 4 is 189 Å². The van der Waals surface area contributed by atoms with Crippen LogP contribution < -0.4 is 49.0 Å². The molecule has 5 atom stereocenters. The van der Waals surface area contributed by atoms with Crippen LogP contribution in [0, 0.1) is 34.6 Å². The molecule has 0 saturated heterocycles. The number of rotatable bonds is 11. The average molecular weight is 1840 g/mol. The molecular weight excluding hydrogens is 1720 g/mol. The molecule has 0 fully saturated rings. The Morgan fingerprint density at radius 3 is 0.950 bits per heavy atom. The second-order valence-corrected chi connectivity index (χ2v) is 38.6. The highest BCUT2D eigenvalue weighted by Crippen LogP contribution is 2.55. The van der Waals surface area contributed by atoms with Crippen LogP contribution >= 0.6 is 0 Å². The van der Waals surface area contributed by atoms with Gasteiger partial charge < -0.3 is 71.1 Å². The van der Waals surface area contributed by atoms with E-state index in [1.807, 2.05) is 66.9 Å². The van der Waals surface area contributed by atoms with Crippen LogP contribution in [0.3, 0.4) is 0 Å². The predicted octanol–water partition coefficient (Wildman–Crippen LogP) is 33.7. The lowest BCUT2D eigenvalue weighted by molar-refractivity contribution is 0.603. The molecule has 11 heterocycles. The van der Waals surface area contributed by atoms with Gasteiger partial charge in [-0.15, -0.1) is 0 Å². The fourth-order valence-corrected chi connectivity index (χ4v) is 22.2. The molecule has 0 radical (unpaired) electrons. The lowest BCUT2D eigenvalue weighted by Crippen LogP contribution is -2.42. The van der Waals surface area contributed by atoms with E-state index in [-0.39, 0.29) is 30.8 Å². The van der Waals surface area contributed by atoms with Gasteiger partial charge in [-0.25, -0.2) is 4.98 Å². The fourth-order valence-electron chi connectivity index (χ4n) is 22.2. The highest BCUT2D eigenvalue weighted by atomic mass is 16.3. The summed E-state index contributed by atoms with van der Waals surface area (Å²) in [4.78, 5) is 28.3. The van der Waals surface area contributed by atoms with Crippen molar-refractivity contribution in [1.29, 1.82) is 0 Å². The number of hydrogen-bond acceptors (Lipinski definition) is 16. The van der Waals surface area contributed by atoms with Crippen LogP contribution in [0.1, 0.15) is 127 Å². The zero-order chi connectivity index (χ0) is 96.3. The topological polar surface area (TPSA) is 111 Å². The summed E-state index contributed by atoms with van der Waals surface area (Å²) in [5, 5.41) is 11.7. The summed E-state index contributed by atoms with van der Waals surface area (Å²) in [6.45, 7) is 35.7. The van der Waals surface area contributed by atoms with Crippen molar-refractivity contribution in [3.63, 3.8) is 0 Å². The summed E-state index contributed by atoms with van der Waals surface area (Å²) in [5.41, 5.74) is 33.8. The summed E-state index contributed by atoms with van der Waals surface area (Å²) >= 11 is 0. The monoisotopic (exact) mass is 1840 g/mol. The van der Waals surface area contributed by atoms with E-state index >= 15 is 0 Å². The van der Waals surface area contributed by atoms with Crippen molar-refractivity contribution in [1.82, 2.24) is 4.98 Å². The number of nitrogens with zero attached hydrogens (tertiary/aromatic N) is 11. The number of benzene rings is 15. The predicted molar refractivity (Wildman–Crippen MR) is 587 cm³/mol. The highest BCUT2D eigenvalue weighted by Gasteiger charge is 2.42. The van der Waals surface area contributed by atoms with Crippen molar-refractivity contribution in [3.8, 4) is 0 Å². The summed E-state index contributed by atoms with van der Waals surface area (Å²) < 4.78 is 31.8. The maximum Gasteiger partial charge on any atom is 0.159 e. The van der Waals surface area contributed by atoms with E-state index in [0.29, 0.717) is 17.9 Å². The van der Waals surface area contributed by atoms with Crippen LogP contribution in [0.2, 0.25) is 0 Å². The van der Waals surface area contributed by atoms with Gasteiger partial charge in [-0.3, -0.25) is 0 Å². The van der Waals surface area contributed by atoms with Gasteiger partial charge in [0.1, 0.15) is 58.7 Å². The van der Waals surface area contributed by atoms with Gasteiger partial charge in [-0.05, 0) is 225 Å². The van der Waals surface area contributed by atoms with Crippen LogP contribution in [-0.4, -0.2) is 48.9 Å². The van der Waals surface area contributed by atoms with Gasteiger partial charge in [0.05, 0.1) is 56.9 Å². The average Bonchev–Trinajstić information content (AvgIpc) is 1.56. The summed E-state index contributed by atoms with van der Waals surface area (Å²) in [5.74, 6) is 1.89. The van der Waals surface area contributed by atoms with Crippen LogP contribution in [-0.2, 0) is 0 Å². The van der Waals surface area contributed by atoms with E-state index in [1.165, 1.54) is 117 Å². The van der Waals surface area contributed by atoms with Gasteiger partial charge in [-0.2, -0.15) is 0 Å². The molecule has 0 aliphatic carbocycles. The second-order valence-electron chi connectivity index (χ2n) is 38.6. The number of fused-ring (bicyclic) bond motifs is 18. The van der Waals surface area contributed by atoms with Gasteiger partial charge in [0.2, 0.25) is 0 Å². The molecule has 5 aliphatic heterocycles. The van der Waals surface area contributed by atoms with E-state index in [1.54, 1.807) is 0 Å². The molecule has 26 rings (SSSR count). The molecule has 0 bridgehead atoms. The second kappa shape index (κ2) is 36.1. The maximum atomic E-state index is 6.42. The highest BCUT2D eigenvalue weighted by molar-refractivity contribution is 6.16. The molecule has 698 valence electrons. The molecule has 0 spiro atoms. The summed E-state index contributed by atoms with van der Waals surface area (Å²) in [6, 6.07) is 113. The minimum absolute atomic E-state index is 0.113. The van der Waals surface area contributed by atoms with Crippen molar-refractivity contribution < 1.29 is 22.1 Å². The van der Waals surface area contributed by atoms with Crippen molar-refractivity contribution in [2.24, 2.45) is 0 Å². The van der Waals surface area contributed by atoms with Gasteiger partial charge in [0.25, 0.3) is 0 Å². The number of aromatic nitrogens is 1. The van der Waals surface area contributed by atoms with Crippen molar-refractivity contribution in [3.05, 3.63) is 391 Å². The summed E-state index contributed by atoms with van der Waals surface area (Å²) in [6.07, 6.45) is 11.4. The minimum atomic E-state index is 0.113. The van der Waals surface area contributed by atoms with Crippen molar-refractivity contribution in [2.75, 3.05) is 56.0 Å². The van der Waals surface area contributed by atoms with Crippen LogP contribution in [0.15, 0.2) is 375 Å². The SMILES string of the molecule is Cc1ccc2c(oc3ccccc32)c1N1C=CN(c2c(C(C)C)cccc2C(C)C)[C@@H]1C.Cc1ccc2c(oc3ccccc32)c1N1C=CN(c2ccccc2)[C@@H]1C.Cc1ccc2c(oc3ccccc32)c1N1c2ccccc2N(C(C)C)[C@@H]1C.Cc1ccc2c(oc3ccccc32)c1N1c2ccccc2N(c2ccccc2)[C@@H]1C.Cc1ccc2c(oc3ccccc32)c1N1c2ncccc2N(C)[C@@H]1C. The van der Waals surface area contributed by atoms with E-state index < -0.39 is 0 Å². The Bertz CT molecular complexity index is 8340. The van der Waals surface area contributed by atoms with Crippen LogP contribution in [0.25, 0.3) is 110 Å². The Kier molecular flexibility index (Phi) is 23.0. The molecule has 16 nitrogen and oxygen atoms in total. The first kappa shape index (κ1) is 89.2. The first-order chi connectivity index (χ1) is 68.1. The van der Waals surface area contributed by atoms with Gasteiger partial charge in [0, 0.05) is 115 Å². The normalized spacial score (nSPS) is 16.5. The minimum Gasteiger partial charge on any atom is -0.454 e. The Morgan fingerprint density at radius 2 is 0.550 bits per heavy atom. The lowest BCUT2D eigenvalue weighted by atomic mass is 9.92. The lowest BCUT2D eigenvalue weighted by Gasteiger charge is -2.34. The molecule has 0 amide bonds. The molecule has 0 saturated carbocycles. The largest absolute Gasteiger partial charge is 0.454 e. The van der Waals surface area contributed by atoms with E-state index in [0.717, 1.165) is 112 Å². The number of aryl methyl sites for hydroxylation is 5. The zero-order valence-corrected chi connectivity index (χ0v) is 82.6. The number of pyridine rings is 1. The smallest absolute Gasteiger partial charge is 0.159 e. The fraction of sp³-hybridized carbons (Fsp3) is 0.202. The number of furan rings is 5. The van der Waals surface area contributed by atoms with Gasteiger partial charge in [-0.1, -0.05) is 258 Å². The van der Waals surface area contributed by atoms with E-state index in [9.17, 15) is 0 Å². The first-order valence-electron chi connectivity index (χ1n) is 49.2. The molecule has 5 aliphatic rings. The van der Waals surface area contributed by atoms with Gasteiger partial charge in [0.15, 0.2) is 33.7 Å². The molecule has 16 heteroatoms. The molecule has 6 aromatic heterocycles. The number of hydrogen-bond donors (Lipinski definition) is 0. The van der Waals surface area contributed by atoms with Crippen molar-refractivity contribution in [2.45, 2.75) is 159 Å². The molecular formula is C124H117N11O5. The number of para-hydroxylation sites is 12. The van der Waals surface area contributed by atoms with Crippen LogP contribution in [0.5, 0.6) is 0 Å². The molecule has 0 unspecified atom stereocenters. The summed E-state index contributed by atoms with van der Waals surface area (Å²) in [7, 11) is 2.11. The quantitative estimate of drug-likeness (QED) is 0.122.